The van der Waals surface area contributed by atoms with E-state index in [1.54, 1.807) is 0 Å². The monoisotopic (exact) mass is 570 g/mol. The lowest BCUT2D eigenvalue weighted by molar-refractivity contribution is -0.140. The number of nitrogens with one attached hydrogen (secondary N) is 1. The summed E-state index contributed by atoms with van der Waals surface area (Å²) in [5.74, 6) is -3.03. The lowest BCUT2D eigenvalue weighted by Gasteiger charge is -2.17. The van der Waals surface area contributed by atoms with Gasteiger partial charge in [-0.3, -0.25) is 4.79 Å². The number of aliphatic carboxylic acids is 2. The second kappa shape index (κ2) is 13.9. The molecule has 3 aromatic rings. The maximum Gasteiger partial charge on any atom is 0.341 e. The van der Waals surface area contributed by atoms with Crippen LogP contribution >= 0.6 is 11.6 Å². The molecule has 40 heavy (non-hydrogen) atoms. The molecule has 0 aliphatic carbocycles. The summed E-state index contributed by atoms with van der Waals surface area (Å²) in [7, 11) is 0. The molecular weight excluding hydrogens is 544 g/mol. The second-order valence-electron chi connectivity index (χ2n) is 8.76. The lowest BCUT2D eigenvalue weighted by Crippen LogP contribution is -2.17. The van der Waals surface area contributed by atoms with Gasteiger partial charge in [0.05, 0.1) is 11.2 Å². The van der Waals surface area contributed by atoms with Crippen molar-refractivity contribution in [2.45, 2.75) is 26.4 Å². The van der Waals surface area contributed by atoms with E-state index in [2.05, 4.69) is 24.4 Å². The number of aromatic hydroxyl groups is 1. The molecule has 0 radical (unpaired) electrons. The Morgan fingerprint density at radius 1 is 0.925 bits per heavy atom. The summed E-state index contributed by atoms with van der Waals surface area (Å²) in [6, 6.07) is 14.4. The largest absolute Gasteiger partial charge is 0.506 e. The van der Waals surface area contributed by atoms with E-state index in [1.165, 1.54) is 36.5 Å². The fourth-order valence-corrected chi connectivity index (χ4v) is 3.52. The summed E-state index contributed by atoms with van der Waals surface area (Å²) in [4.78, 5) is 34.7. The van der Waals surface area contributed by atoms with E-state index in [1.807, 2.05) is 24.3 Å². The molecule has 0 aliphatic rings. The van der Waals surface area contributed by atoms with E-state index in [0.717, 1.165) is 11.1 Å². The molecule has 0 aliphatic heterocycles. The Balaban J connectivity index is 1.88. The summed E-state index contributed by atoms with van der Waals surface area (Å²) < 4.78 is 16.7. The van der Waals surface area contributed by atoms with E-state index in [-0.39, 0.29) is 45.8 Å². The molecule has 0 saturated carbocycles. The van der Waals surface area contributed by atoms with Gasteiger partial charge in [-0.15, -0.1) is 0 Å². The summed E-state index contributed by atoms with van der Waals surface area (Å²) >= 11 is 5.83. The van der Waals surface area contributed by atoms with Gasteiger partial charge in [0.2, 0.25) is 5.75 Å². The Kier molecular flexibility index (Phi) is 10.3. The maximum atomic E-state index is 12.4. The molecule has 0 spiro atoms. The number of carbonyl (C=O) groups excluding carboxylic acids is 1. The summed E-state index contributed by atoms with van der Waals surface area (Å²) in [6.45, 7) is 2.78. The Hall–Kier alpha value is -4.77. The van der Waals surface area contributed by atoms with Crippen LogP contribution in [0, 0.1) is 0 Å². The number of carboxylic acids is 2. The van der Waals surface area contributed by atoms with Gasteiger partial charge in [-0.25, -0.2) is 15.0 Å². The van der Waals surface area contributed by atoms with Crippen LogP contribution in [-0.2, 0) is 16.2 Å². The minimum Gasteiger partial charge on any atom is -0.506 e. The summed E-state index contributed by atoms with van der Waals surface area (Å²) in [5, 5.41) is 31.6. The van der Waals surface area contributed by atoms with Crippen LogP contribution in [0.2, 0.25) is 5.02 Å². The molecule has 3 aromatic carbocycles. The number of hydrogen-bond donors (Lipinski definition) is 4. The van der Waals surface area contributed by atoms with Crippen LogP contribution in [0.4, 0.5) is 0 Å². The highest BCUT2D eigenvalue weighted by molar-refractivity contribution is 6.32. The molecule has 0 saturated heterocycles. The highest BCUT2D eigenvalue weighted by atomic mass is 35.5. The first kappa shape index (κ1) is 29.8. The van der Waals surface area contributed by atoms with E-state index < -0.39 is 31.1 Å². The predicted molar refractivity (Wildman–Crippen MR) is 146 cm³/mol. The number of phenolic OH excluding ortho intramolecular Hbond substituents is 1. The summed E-state index contributed by atoms with van der Waals surface area (Å²) in [5.41, 5.74) is 4.66. The van der Waals surface area contributed by atoms with Crippen molar-refractivity contribution in [3.8, 4) is 23.0 Å². The van der Waals surface area contributed by atoms with Gasteiger partial charge >= 0.3 is 11.9 Å². The van der Waals surface area contributed by atoms with Crippen molar-refractivity contribution >= 4 is 35.7 Å². The Morgan fingerprint density at radius 3 is 2.05 bits per heavy atom. The van der Waals surface area contributed by atoms with Gasteiger partial charge in [-0.05, 0) is 47.4 Å². The van der Waals surface area contributed by atoms with Crippen LogP contribution in [0.3, 0.4) is 0 Å². The molecule has 0 bridgehead atoms. The Morgan fingerprint density at radius 2 is 1.52 bits per heavy atom. The van der Waals surface area contributed by atoms with E-state index in [4.69, 9.17) is 36.0 Å². The number of hydrogen-bond acceptors (Lipinski definition) is 8. The van der Waals surface area contributed by atoms with Crippen LogP contribution < -0.4 is 19.6 Å². The Bertz CT molecular complexity index is 1370. The zero-order valence-electron chi connectivity index (χ0n) is 21.6. The number of carboxylic acid groups (broad SMARTS) is 2. The van der Waals surface area contributed by atoms with Gasteiger partial charge in [0.15, 0.2) is 24.7 Å². The van der Waals surface area contributed by atoms with Crippen molar-refractivity contribution in [2.75, 3.05) is 13.2 Å². The molecule has 12 heteroatoms. The Labute approximate surface area is 234 Å². The van der Waals surface area contributed by atoms with Crippen molar-refractivity contribution < 1.29 is 43.9 Å². The van der Waals surface area contributed by atoms with Gasteiger partial charge in [0.1, 0.15) is 12.4 Å². The van der Waals surface area contributed by atoms with Crippen LogP contribution in [0.15, 0.2) is 59.7 Å². The van der Waals surface area contributed by atoms with Crippen molar-refractivity contribution in [2.24, 2.45) is 5.10 Å². The highest BCUT2D eigenvalue weighted by Gasteiger charge is 2.18. The van der Waals surface area contributed by atoms with Gasteiger partial charge in [-0.1, -0.05) is 49.7 Å². The quantitative estimate of drug-likeness (QED) is 0.172. The van der Waals surface area contributed by atoms with E-state index in [0.29, 0.717) is 5.92 Å². The van der Waals surface area contributed by atoms with Crippen molar-refractivity contribution in [1.82, 2.24) is 5.43 Å². The van der Waals surface area contributed by atoms with Crippen LogP contribution in [0.25, 0.3) is 0 Å². The number of rotatable bonds is 13. The highest BCUT2D eigenvalue weighted by Crippen LogP contribution is 2.39. The van der Waals surface area contributed by atoms with Gasteiger partial charge < -0.3 is 29.5 Å². The second-order valence-corrected chi connectivity index (χ2v) is 9.17. The lowest BCUT2D eigenvalue weighted by atomic mass is 10.0. The number of halogens is 1. The third kappa shape index (κ3) is 8.63. The standard InChI is InChI=1S/C28H27ClN2O9/c1-16(2)19-5-3-17(4-6-19)13-40-27-23(38-14-25(33)34)9-18(10-24(27)39-15-26(35)36)12-30-31-28(37)20-7-8-22(32)21(29)11-20/h3-12,16,32H,13-15H2,1-2H3,(H,31,37)(H,33,34)(H,35,36). The molecule has 0 atom stereocenters. The number of amides is 1. The zero-order chi connectivity index (χ0) is 29.2. The first-order valence-electron chi connectivity index (χ1n) is 11.9. The molecule has 3 rings (SSSR count). The third-order valence-corrected chi connectivity index (χ3v) is 5.67. The summed E-state index contributed by atoms with van der Waals surface area (Å²) in [6.07, 6.45) is 1.22. The minimum absolute atomic E-state index is 0.00430. The molecule has 1 amide bonds. The number of ether oxygens (including phenoxy) is 3. The maximum absolute atomic E-state index is 12.4. The average Bonchev–Trinajstić information content (AvgIpc) is 2.91. The molecule has 11 nitrogen and oxygen atoms in total. The minimum atomic E-state index is -1.25. The fraction of sp³-hybridized carbons (Fsp3) is 0.214. The first-order chi connectivity index (χ1) is 19.0. The fourth-order valence-electron chi connectivity index (χ4n) is 3.34. The zero-order valence-corrected chi connectivity index (χ0v) is 22.3. The van der Waals surface area contributed by atoms with E-state index in [9.17, 15) is 19.5 Å². The van der Waals surface area contributed by atoms with Gasteiger partial charge in [0.25, 0.3) is 5.91 Å². The first-order valence-corrected chi connectivity index (χ1v) is 12.3. The van der Waals surface area contributed by atoms with Crippen LogP contribution in [-0.4, -0.2) is 52.6 Å². The molecule has 0 aromatic heterocycles. The van der Waals surface area contributed by atoms with Crippen molar-refractivity contribution in [3.63, 3.8) is 0 Å². The third-order valence-electron chi connectivity index (χ3n) is 5.36. The van der Waals surface area contributed by atoms with Gasteiger partial charge in [-0.2, -0.15) is 5.10 Å². The number of hydrazone groups is 1. The molecular formula is C28H27ClN2O9. The van der Waals surface area contributed by atoms with Crippen molar-refractivity contribution in [3.05, 3.63) is 81.9 Å². The number of carbonyl (C=O) groups is 3. The normalized spacial score (nSPS) is 10.9. The molecule has 0 unspecified atom stereocenters. The smallest absolute Gasteiger partial charge is 0.341 e. The molecule has 0 heterocycles. The van der Waals surface area contributed by atoms with Crippen LogP contribution in [0.1, 0.15) is 46.8 Å². The average molecular weight is 571 g/mol. The number of nitrogens with zero attached hydrogens (tertiary/aromatic N) is 1. The van der Waals surface area contributed by atoms with Crippen molar-refractivity contribution in [1.29, 1.82) is 0 Å². The number of phenols is 1. The number of benzene rings is 3. The SMILES string of the molecule is CC(C)c1ccc(COc2c(OCC(=O)O)cc(C=NNC(=O)c3ccc(O)c(Cl)c3)cc2OCC(=O)O)cc1. The molecule has 210 valence electrons. The van der Waals surface area contributed by atoms with E-state index >= 15 is 0 Å². The molecule has 0 fully saturated rings. The topological polar surface area (TPSA) is 164 Å². The predicted octanol–water partition coefficient (Wildman–Crippen LogP) is 4.44. The molecule has 4 N–H and O–H groups in total. The van der Waals surface area contributed by atoms with Crippen LogP contribution in [0.5, 0.6) is 23.0 Å². The van der Waals surface area contributed by atoms with Gasteiger partial charge in [0, 0.05) is 11.1 Å².